The molecule has 3 aliphatic heterocycles. The monoisotopic (exact) mass is 312 g/mol. The van der Waals surface area contributed by atoms with Crippen molar-refractivity contribution in [2.24, 2.45) is 0 Å². The minimum absolute atomic E-state index is 0.651. The molecule has 3 aliphatic rings. The quantitative estimate of drug-likeness (QED) is 0.675. The summed E-state index contributed by atoms with van der Waals surface area (Å²) in [6.45, 7) is 0. The second-order valence-electron chi connectivity index (χ2n) is 4.09. The summed E-state index contributed by atoms with van der Waals surface area (Å²) in [6.07, 6.45) is 10.00. The molecule has 0 atom stereocenters. The molecule has 102 valence electrons. The van der Waals surface area contributed by atoms with Gasteiger partial charge in [0.2, 0.25) is 0 Å². The third-order valence-corrected chi connectivity index (χ3v) is 5.04. The van der Waals surface area contributed by atoms with Crippen molar-refractivity contribution in [2.45, 2.75) is 5.07 Å². The number of hydrogen-bond donors (Lipinski definition) is 0. The van der Waals surface area contributed by atoms with E-state index in [1.165, 1.54) is 20.2 Å². The van der Waals surface area contributed by atoms with Crippen LogP contribution in [0.15, 0.2) is 36.7 Å². The SMILES string of the molecule is F[C](F)(F)[Cu]1[N]2C=CC=c3ccc4c(c32)[N]1C=CC=4. The second kappa shape index (κ2) is 3.46. The van der Waals surface area contributed by atoms with Crippen molar-refractivity contribution < 1.29 is 27.5 Å². The van der Waals surface area contributed by atoms with Crippen LogP contribution in [-0.4, -0.2) is 5.07 Å². The fourth-order valence-electron chi connectivity index (χ4n) is 2.32. The zero-order valence-corrected chi connectivity index (χ0v) is 10.4. The summed E-state index contributed by atoms with van der Waals surface area (Å²) in [5.41, 5.74) is 1.30. The molecular formula is C13H8CuF3N2. The average molecular weight is 313 g/mol. The van der Waals surface area contributed by atoms with Crippen LogP contribution < -0.4 is 18.3 Å². The molecular weight excluding hydrogens is 305 g/mol. The molecule has 0 radical (unpaired) electrons. The van der Waals surface area contributed by atoms with Gasteiger partial charge in [-0.1, -0.05) is 0 Å². The maximum absolute atomic E-state index is 13.3. The Morgan fingerprint density at radius 1 is 0.842 bits per heavy atom. The van der Waals surface area contributed by atoms with Gasteiger partial charge >= 0.3 is 111 Å². The molecule has 0 bridgehead atoms. The molecule has 1 aromatic rings. The van der Waals surface area contributed by atoms with Gasteiger partial charge in [-0.3, -0.25) is 0 Å². The molecule has 0 aromatic heterocycles. The van der Waals surface area contributed by atoms with E-state index >= 15 is 0 Å². The van der Waals surface area contributed by atoms with Crippen molar-refractivity contribution in [3.63, 3.8) is 0 Å². The van der Waals surface area contributed by atoms with E-state index in [0.29, 0.717) is 11.4 Å². The number of rotatable bonds is 0. The van der Waals surface area contributed by atoms with Crippen LogP contribution in [0.5, 0.6) is 0 Å². The second-order valence-corrected chi connectivity index (χ2v) is 6.14. The molecule has 4 rings (SSSR count). The topological polar surface area (TPSA) is 6.48 Å². The Morgan fingerprint density at radius 3 is 1.74 bits per heavy atom. The number of alkyl halides is 3. The van der Waals surface area contributed by atoms with Gasteiger partial charge < -0.3 is 0 Å². The van der Waals surface area contributed by atoms with Gasteiger partial charge in [0.15, 0.2) is 0 Å². The van der Waals surface area contributed by atoms with E-state index in [1.807, 2.05) is 24.3 Å². The first-order chi connectivity index (χ1) is 9.07. The zero-order valence-electron chi connectivity index (χ0n) is 9.45. The molecule has 0 spiro atoms. The molecule has 1 aromatic carbocycles. The van der Waals surface area contributed by atoms with Crippen molar-refractivity contribution in [1.29, 1.82) is 0 Å². The summed E-state index contributed by atoms with van der Waals surface area (Å²) in [5, 5.41) is -2.65. The van der Waals surface area contributed by atoms with Crippen LogP contribution in [0.4, 0.5) is 24.5 Å². The Morgan fingerprint density at radius 2 is 1.32 bits per heavy atom. The Balaban J connectivity index is 2.09. The molecule has 0 saturated heterocycles. The maximum atomic E-state index is 13.3. The van der Waals surface area contributed by atoms with Crippen LogP contribution in [0.2, 0.25) is 0 Å². The fraction of sp³-hybridized carbons (Fsp3) is 0.0769. The molecule has 0 saturated carbocycles. The molecule has 0 aliphatic carbocycles. The van der Waals surface area contributed by atoms with E-state index in [1.54, 1.807) is 12.2 Å². The number of allylic oxidation sites excluding steroid dienone is 2. The predicted octanol–water partition coefficient (Wildman–Crippen LogP) is 1.90. The summed E-state index contributed by atoms with van der Waals surface area (Å²) in [7, 11) is 0. The summed E-state index contributed by atoms with van der Waals surface area (Å²) in [5.74, 6) is 0. The van der Waals surface area contributed by atoms with Gasteiger partial charge in [0.25, 0.3) is 0 Å². The van der Waals surface area contributed by atoms with E-state index in [9.17, 15) is 13.2 Å². The van der Waals surface area contributed by atoms with Gasteiger partial charge in [0.05, 0.1) is 0 Å². The minimum atomic E-state index is -4.30. The van der Waals surface area contributed by atoms with Crippen molar-refractivity contribution in [3.8, 4) is 0 Å². The molecule has 0 fully saturated rings. The zero-order chi connectivity index (χ0) is 13.2. The van der Waals surface area contributed by atoms with Gasteiger partial charge in [-0.25, -0.2) is 0 Å². The van der Waals surface area contributed by atoms with Crippen molar-refractivity contribution in [1.82, 2.24) is 0 Å². The molecule has 0 amide bonds. The first-order valence-electron chi connectivity index (χ1n) is 5.52. The van der Waals surface area contributed by atoms with Crippen molar-refractivity contribution in [2.75, 3.05) is 7.83 Å². The van der Waals surface area contributed by atoms with E-state index in [4.69, 9.17) is 0 Å². The first-order valence-corrected chi connectivity index (χ1v) is 6.84. The van der Waals surface area contributed by atoms with E-state index < -0.39 is 19.4 Å². The number of nitrogens with zero attached hydrogens (tertiary/aromatic N) is 2. The van der Waals surface area contributed by atoms with Crippen molar-refractivity contribution in [3.05, 3.63) is 47.1 Å². The van der Waals surface area contributed by atoms with Gasteiger partial charge in [-0.05, 0) is 0 Å². The summed E-state index contributed by atoms with van der Waals surface area (Å²) < 4.78 is 42.7. The Kier molecular flexibility index (Phi) is 2.04. The van der Waals surface area contributed by atoms with Crippen LogP contribution in [-0.2, 0) is 14.3 Å². The fourth-order valence-corrected chi connectivity index (χ4v) is 4.32. The standard InChI is InChI=1S/C12H8N2.CF3.Cu/c1-3-9-5-6-10-4-2-8-14-12(10)11(9)13-7-1;2-1(3)4;/h1-8H;;/q-2;;+2. The van der Waals surface area contributed by atoms with Crippen LogP contribution in [0.1, 0.15) is 0 Å². The van der Waals surface area contributed by atoms with Gasteiger partial charge in [-0.2, -0.15) is 0 Å². The van der Waals surface area contributed by atoms with Gasteiger partial charge in [0.1, 0.15) is 0 Å². The molecule has 3 heterocycles. The van der Waals surface area contributed by atoms with E-state index in [2.05, 4.69) is 0 Å². The van der Waals surface area contributed by atoms with Gasteiger partial charge in [0, 0.05) is 0 Å². The third-order valence-electron chi connectivity index (χ3n) is 3.00. The van der Waals surface area contributed by atoms with Crippen LogP contribution in [0, 0.1) is 0 Å². The Labute approximate surface area is 111 Å². The predicted molar refractivity (Wildman–Crippen MR) is 63.9 cm³/mol. The molecule has 2 nitrogen and oxygen atoms in total. The molecule has 0 unspecified atom stereocenters. The number of halogens is 3. The summed E-state index contributed by atoms with van der Waals surface area (Å²) >= 11 is -1.90. The molecule has 6 heteroatoms. The van der Waals surface area contributed by atoms with Crippen LogP contribution >= 0.6 is 0 Å². The Bertz CT molecular complexity index is 691. The van der Waals surface area contributed by atoms with E-state index in [-0.39, 0.29) is 0 Å². The molecule has 0 N–H and O–H groups in total. The summed E-state index contributed by atoms with van der Waals surface area (Å²) in [4.78, 5) is 0. The number of benzene rings is 1. The number of anilines is 2. The van der Waals surface area contributed by atoms with Crippen molar-refractivity contribution >= 4 is 23.5 Å². The average Bonchev–Trinajstić information content (AvgIpc) is 2.72. The Hall–Kier alpha value is -1.65. The normalized spacial score (nSPS) is 20.3. The van der Waals surface area contributed by atoms with E-state index in [0.717, 1.165) is 10.4 Å². The number of hydrogen-bond acceptors (Lipinski definition) is 2. The van der Waals surface area contributed by atoms with Crippen LogP contribution in [0.3, 0.4) is 0 Å². The third kappa shape index (κ3) is 1.38. The summed E-state index contributed by atoms with van der Waals surface area (Å²) in [6, 6.07) is 3.72. The van der Waals surface area contributed by atoms with Gasteiger partial charge in [-0.15, -0.1) is 0 Å². The first kappa shape index (κ1) is 11.2. The molecule has 19 heavy (non-hydrogen) atoms. The van der Waals surface area contributed by atoms with Crippen LogP contribution in [0.25, 0.3) is 12.2 Å².